The van der Waals surface area contributed by atoms with Gasteiger partial charge in [-0.05, 0) is 108 Å². The van der Waals surface area contributed by atoms with Gasteiger partial charge in [0.1, 0.15) is 5.82 Å². The van der Waals surface area contributed by atoms with E-state index in [1.54, 1.807) is 11.3 Å². The van der Waals surface area contributed by atoms with Gasteiger partial charge in [0.25, 0.3) is 0 Å². The maximum Gasteiger partial charge on any atom is 0.145 e. The van der Waals surface area contributed by atoms with E-state index in [4.69, 9.17) is 11.8 Å². The third kappa shape index (κ3) is 5.14. The molecule has 12 aromatic rings. The molecule has 2 heterocycles. The van der Waals surface area contributed by atoms with Crippen LogP contribution in [0.4, 0.5) is 0 Å². The predicted molar refractivity (Wildman–Crippen MR) is 248 cm³/mol. The number of imidazole rings is 1. The Balaban J connectivity index is 1.12. The number of rotatable bonds is 5. The van der Waals surface area contributed by atoms with Crippen molar-refractivity contribution in [2.45, 2.75) is 0 Å². The molecule has 0 aliphatic carbocycles. The Kier molecular flexibility index (Phi) is 6.37. The summed E-state index contributed by atoms with van der Waals surface area (Å²) in [4.78, 5) is 5.19. The molecule has 0 amide bonds. The SMILES string of the molecule is [2H]c1c([2H])c([2H])c(-c2ccc3c(-c4ccc(-c5nc6ccccc6n5-c5ccc6ccccc6c5)cc4)c4ccccc4c(-c4cccc5sc6ccccc6c45)c3c2)c([2H])c1[2H]. The van der Waals surface area contributed by atoms with Gasteiger partial charge >= 0.3 is 0 Å². The first-order chi connectivity index (χ1) is 30.8. The highest BCUT2D eigenvalue weighted by Gasteiger charge is 2.21. The van der Waals surface area contributed by atoms with E-state index in [9.17, 15) is 0 Å². The highest BCUT2D eigenvalue weighted by molar-refractivity contribution is 7.26. The van der Waals surface area contributed by atoms with Gasteiger partial charge in [0, 0.05) is 31.4 Å². The van der Waals surface area contributed by atoms with Crippen molar-refractivity contribution < 1.29 is 6.85 Å². The molecule has 58 heavy (non-hydrogen) atoms. The van der Waals surface area contributed by atoms with E-state index >= 15 is 0 Å². The number of thiophene rings is 1. The zero-order valence-electron chi connectivity index (χ0n) is 36.0. The predicted octanol–water partition coefficient (Wildman–Crippen LogP) is 15.5. The second-order valence-corrected chi connectivity index (χ2v) is 15.8. The van der Waals surface area contributed by atoms with E-state index in [2.05, 4.69) is 162 Å². The minimum atomic E-state index is -0.407. The van der Waals surface area contributed by atoms with Crippen molar-refractivity contribution in [1.29, 1.82) is 0 Å². The second kappa shape index (κ2) is 13.1. The molecule has 0 saturated carbocycles. The maximum absolute atomic E-state index is 8.94. The van der Waals surface area contributed by atoms with E-state index in [0.717, 1.165) is 77.3 Å². The van der Waals surface area contributed by atoms with Crippen molar-refractivity contribution in [2.75, 3.05) is 0 Å². The number of nitrogens with zero attached hydrogens (tertiary/aromatic N) is 2. The van der Waals surface area contributed by atoms with Crippen LogP contribution < -0.4 is 0 Å². The lowest BCUT2D eigenvalue weighted by Crippen LogP contribution is -1.98. The van der Waals surface area contributed by atoms with E-state index in [1.165, 1.54) is 25.6 Å². The zero-order chi connectivity index (χ0) is 42.5. The summed E-state index contributed by atoms with van der Waals surface area (Å²) in [5.41, 5.74) is 8.90. The quantitative estimate of drug-likeness (QED) is 0.160. The first-order valence-electron chi connectivity index (χ1n) is 21.9. The fraction of sp³-hybridized carbons (Fsp3) is 0. The van der Waals surface area contributed by atoms with E-state index in [0.29, 0.717) is 5.56 Å². The average molecular weight is 760 g/mol. The van der Waals surface area contributed by atoms with Crippen molar-refractivity contribution >= 4 is 74.9 Å². The lowest BCUT2D eigenvalue weighted by atomic mass is 9.84. The van der Waals surface area contributed by atoms with Crippen molar-refractivity contribution in [3.63, 3.8) is 0 Å². The van der Waals surface area contributed by atoms with Crippen LogP contribution >= 0.6 is 11.3 Å². The lowest BCUT2D eigenvalue weighted by molar-refractivity contribution is 1.11. The largest absolute Gasteiger partial charge is 0.292 e. The molecule has 0 radical (unpaired) electrons. The monoisotopic (exact) mass is 759 g/mol. The summed E-state index contributed by atoms with van der Waals surface area (Å²) < 4.78 is 47.8. The summed E-state index contributed by atoms with van der Waals surface area (Å²) in [5.74, 6) is 0.849. The molecule has 12 rings (SSSR count). The average Bonchev–Trinajstić information content (AvgIpc) is 3.91. The van der Waals surface area contributed by atoms with Gasteiger partial charge < -0.3 is 0 Å². The Morgan fingerprint density at radius 2 is 1.12 bits per heavy atom. The molecule has 0 fully saturated rings. The molecule has 0 bridgehead atoms. The molecule has 2 nitrogen and oxygen atoms in total. The minimum absolute atomic E-state index is 0.182. The van der Waals surface area contributed by atoms with Crippen LogP contribution in [0.3, 0.4) is 0 Å². The van der Waals surface area contributed by atoms with Gasteiger partial charge in [0.2, 0.25) is 0 Å². The van der Waals surface area contributed by atoms with Crippen molar-refractivity contribution in [3.8, 4) is 50.5 Å². The number of aromatic nitrogens is 2. The summed E-state index contributed by atoms with van der Waals surface area (Å²) in [6.45, 7) is 0. The Labute approximate surface area is 346 Å². The van der Waals surface area contributed by atoms with Gasteiger partial charge in [0.15, 0.2) is 0 Å². The van der Waals surface area contributed by atoms with Crippen LogP contribution in [0.5, 0.6) is 0 Å². The summed E-state index contributed by atoms with van der Waals surface area (Å²) in [6, 6.07) is 59.8. The van der Waals surface area contributed by atoms with Gasteiger partial charge in [0.05, 0.1) is 17.9 Å². The number of hydrogen-bond donors (Lipinski definition) is 0. The molecule has 0 saturated heterocycles. The van der Waals surface area contributed by atoms with Gasteiger partial charge in [-0.15, -0.1) is 11.3 Å². The smallest absolute Gasteiger partial charge is 0.145 e. The fourth-order valence-corrected chi connectivity index (χ4v) is 10.0. The molecule has 0 aliphatic rings. The van der Waals surface area contributed by atoms with Crippen LogP contribution in [0.25, 0.3) is 114 Å². The van der Waals surface area contributed by atoms with Crippen LogP contribution in [0, 0.1) is 0 Å². The number of hydrogen-bond acceptors (Lipinski definition) is 2. The number of fused-ring (bicyclic) bond motifs is 7. The van der Waals surface area contributed by atoms with Crippen molar-refractivity contribution in [3.05, 3.63) is 206 Å². The topological polar surface area (TPSA) is 17.8 Å². The van der Waals surface area contributed by atoms with Crippen LogP contribution in [-0.4, -0.2) is 9.55 Å². The molecule has 0 spiro atoms. The van der Waals surface area contributed by atoms with Crippen molar-refractivity contribution in [1.82, 2.24) is 9.55 Å². The number of para-hydroxylation sites is 2. The lowest BCUT2D eigenvalue weighted by Gasteiger charge is -2.19. The highest BCUT2D eigenvalue weighted by atomic mass is 32.1. The van der Waals surface area contributed by atoms with Crippen molar-refractivity contribution in [2.24, 2.45) is 0 Å². The van der Waals surface area contributed by atoms with Gasteiger partial charge in [-0.25, -0.2) is 4.98 Å². The molecule has 3 heteroatoms. The third-order valence-corrected chi connectivity index (χ3v) is 12.6. The molecule has 2 aromatic heterocycles. The summed E-state index contributed by atoms with van der Waals surface area (Å²) in [7, 11) is 0. The molecule has 10 aromatic carbocycles. The summed E-state index contributed by atoms with van der Waals surface area (Å²) >= 11 is 1.77. The van der Waals surface area contributed by atoms with E-state index < -0.39 is 6.04 Å². The Hall–Kier alpha value is -7.33. The maximum atomic E-state index is 8.94. The Morgan fingerprint density at radius 3 is 1.98 bits per heavy atom. The first-order valence-corrected chi connectivity index (χ1v) is 20.2. The fourth-order valence-electron chi connectivity index (χ4n) is 8.90. The Bertz CT molecular complexity index is 3840. The number of benzene rings is 10. The standard InChI is InChI=1S/C55H34N2S/c1-2-13-35(14-3-1)40-30-32-44-47(34-40)53(46-20-12-24-51-54(46)45-19-8-11-23-50(45)58-51)43-18-7-6-17-42(43)52(44)37-25-27-38(28-26-37)55-56-48-21-9-10-22-49(48)57(55)41-31-29-36-15-4-5-16-39(36)33-41/h1-34H/i1D,2D,3D,13D,14D. The normalized spacial score (nSPS) is 13.0. The van der Waals surface area contributed by atoms with Gasteiger partial charge in [-0.2, -0.15) is 0 Å². The van der Waals surface area contributed by atoms with E-state index in [1.807, 2.05) is 18.2 Å². The molecular formula is C55H34N2S. The Morgan fingerprint density at radius 1 is 0.448 bits per heavy atom. The third-order valence-electron chi connectivity index (χ3n) is 11.5. The van der Waals surface area contributed by atoms with Crippen LogP contribution in [0.1, 0.15) is 6.85 Å². The summed E-state index contributed by atoms with van der Waals surface area (Å²) in [6.07, 6.45) is 0. The molecule has 0 aliphatic heterocycles. The van der Waals surface area contributed by atoms with Gasteiger partial charge in [-0.3, -0.25) is 4.57 Å². The molecular weight excluding hydrogens is 721 g/mol. The molecule has 0 atom stereocenters. The second-order valence-electron chi connectivity index (χ2n) is 14.7. The van der Waals surface area contributed by atoms with Crippen LogP contribution in [0.2, 0.25) is 0 Å². The van der Waals surface area contributed by atoms with E-state index in [-0.39, 0.29) is 29.7 Å². The summed E-state index contributed by atoms with van der Waals surface area (Å²) in [5, 5.41) is 8.76. The zero-order valence-corrected chi connectivity index (χ0v) is 31.9. The molecule has 0 N–H and O–H groups in total. The van der Waals surface area contributed by atoms with Crippen LogP contribution in [-0.2, 0) is 0 Å². The molecule has 0 unspecified atom stereocenters. The molecule has 270 valence electrons. The highest BCUT2D eigenvalue weighted by Crippen LogP contribution is 2.48. The van der Waals surface area contributed by atoms with Crippen LogP contribution in [0.15, 0.2) is 206 Å². The first kappa shape index (κ1) is 28.1. The van der Waals surface area contributed by atoms with Gasteiger partial charge in [-0.1, -0.05) is 164 Å². The minimum Gasteiger partial charge on any atom is -0.292 e.